The molecule has 1 unspecified atom stereocenters. The third-order valence-corrected chi connectivity index (χ3v) is 3.41. The summed E-state index contributed by atoms with van der Waals surface area (Å²) in [6, 6.07) is 15.4. The van der Waals surface area contributed by atoms with Crippen molar-refractivity contribution in [1.82, 2.24) is 0 Å². The van der Waals surface area contributed by atoms with Gasteiger partial charge >= 0.3 is 0 Å². The molecule has 2 rings (SSSR count). The molecule has 0 amide bonds. The molecular formula is C19H24ClNO2. The molecule has 0 aliphatic carbocycles. The van der Waals surface area contributed by atoms with E-state index in [1.165, 1.54) is 0 Å². The average molecular weight is 334 g/mol. The second-order valence-corrected chi connectivity index (χ2v) is 6.43. The van der Waals surface area contributed by atoms with Crippen molar-refractivity contribution in [1.29, 1.82) is 0 Å². The van der Waals surface area contributed by atoms with Gasteiger partial charge in [-0.25, -0.2) is 0 Å². The Balaban J connectivity index is 1.82. The van der Waals surface area contributed by atoms with Gasteiger partial charge in [-0.15, -0.1) is 0 Å². The van der Waals surface area contributed by atoms with Gasteiger partial charge in [-0.3, -0.25) is 0 Å². The van der Waals surface area contributed by atoms with Crippen molar-refractivity contribution < 1.29 is 9.47 Å². The molecular weight excluding hydrogens is 310 g/mol. The fourth-order valence-electron chi connectivity index (χ4n) is 2.01. The summed E-state index contributed by atoms with van der Waals surface area (Å²) >= 11 is 5.87. The molecule has 0 aliphatic heterocycles. The zero-order valence-corrected chi connectivity index (χ0v) is 14.6. The SMILES string of the molecule is CC(C)COc1cccc(NCC(C)Oc2ccc(Cl)cc2)c1. The maximum atomic E-state index is 5.87. The number of anilines is 1. The molecule has 23 heavy (non-hydrogen) atoms. The third-order valence-electron chi connectivity index (χ3n) is 3.16. The van der Waals surface area contributed by atoms with Gasteiger partial charge in [-0.05, 0) is 49.2 Å². The van der Waals surface area contributed by atoms with Crippen LogP contribution >= 0.6 is 11.6 Å². The zero-order chi connectivity index (χ0) is 16.7. The van der Waals surface area contributed by atoms with E-state index >= 15 is 0 Å². The molecule has 2 aromatic carbocycles. The second-order valence-electron chi connectivity index (χ2n) is 6.00. The topological polar surface area (TPSA) is 30.5 Å². The van der Waals surface area contributed by atoms with Crippen molar-refractivity contribution in [3.05, 3.63) is 53.6 Å². The molecule has 0 spiro atoms. The van der Waals surface area contributed by atoms with Gasteiger partial charge in [0.15, 0.2) is 0 Å². The summed E-state index contributed by atoms with van der Waals surface area (Å²) in [6.07, 6.45) is 0.0383. The van der Waals surface area contributed by atoms with Crippen LogP contribution < -0.4 is 14.8 Å². The molecule has 0 saturated carbocycles. The Hall–Kier alpha value is -1.87. The van der Waals surface area contributed by atoms with E-state index in [1.54, 1.807) is 0 Å². The minimum atomic E-state index is 0.0383. The van der Waals surface area contributed by atoms with E-state index in [0.29, 0.717) is 17.5 Å². The summed E-state index contributed by atoms with van der Waals surface area (Å²) in [4.78, 5) is 0. The number of halogens is 1. The molecule has 124 valence electrons. The van der Waals surface area contributed by atoms with Crippen LogP contribution in [0.4, 0.5) is 5.69 Å². The van der Waals surface area contributed by atoms with E-state index in [4.69, 9.17) is 21.1 Å². The molecule has 0 saturated heterocycles. The van der Waals surface area contributed by atoms with Crippen LogP contribution in [-0.2, 0) is 0 Å². The molecule has 2 aromatic rings. The van der Waals surface area contributed by atoms with Crippen molar-refractivity contribution in [3.8, 4) is 11.5 Å². The summed E-state index contributed by atoms with van der Waals surface area (Å²) in [5.41, 5.74) is 1.03. The highest BCUT2D eigenvalue weighted by Crippen LogP contribution is 2.19. The van der Waals surface area contributed by atoms with Crippen LogP contribution in [0.1, 0.15) is 20.8 Å². The third kappa shape index (κ3) is 6.41. The van der Waals surface area contributed by atoms with Gasteiger partial charge < -0.3 is 14.8 Å². The van der Waals surface area contributed by atoms with Crippen LogP contribution in [0, 0.1) is 5.92 Å². The average Bonchev–Trinajstić information content (AvgIpc) is 2.54. The molecule has 1 atom stereocenters. The predicted molar refractivity (Wildman–Crippen MR) is 96.8 cm³/mol. The lowest BCUT2D eigenvalue weighted by atomic mass is 10.2. The number of rotatable bonds is 8. The maximum absolute atomic E-state index is 5.87. The van der Waals surface area contributed by atoms with E-state index in [0.717, 1.165) is 23.8 Å². The summed E-state index contributed by atoms with van der Waals surface area (Å²) in [5, 5.41) is 4.08. The smallest absolute Gasteiger partial charge is 0.121 e. The van der Waals surface area contributed by atoms with Crippen LogP contribution in [0.2, 0.25) is 5.02 Å². The highest BCUT2D eigenvalue weighted by atomic mass is 35.5. The minimum absolute atomic E-state index is 0.0383. The van der Waals surface area contributed by atoms with E-state index in [-0.39, 0.29) is 6.10 Å². The molecule has 0 fully saturated rings. The van der Waals surface area contributed by atoms with E-state index in [1.807, 2.05) is 55.5 Å². The first-order valence-corrected chi connectivity index (χ1v) is 8.29. The van der Waals surface area contributed by atoms with Crippen LogP contribution in [-0.4, -0.2) is 19.3 Å². The second kappa shape index (κ2) is 8.68. The molecule has 1 N–H and O–H groups in total. The molecule has 0 aliphatic rings. The quantitative estimate of drug-likeness (QED) is 0.715. The maximum Gasteiger partial charge on any atom is 0.121 e. The molecule has 0 heterocycles. The van der Waals surface area contributed by atoms with Crippen LogP contribution in [0.3, 0.4) is 0 Å². The molecule has 0 radical (unpaired) electrons. The minimum Gasteiger partial charge on any atom is -0.493 e. The summed E-state index contributed by atoms with van der Waals surface area (Å²) in [6.45, 7) is 7.73. The van der Waals surface area contributed by atoms with Crippen LogP contribution in [0.15, 0.2) is 48.5 Å². The van der Waals surface area contributed by atoms with Crippen molar-refractivity contribution in [3.63, 3.8) is 0 Å². The Labute approximate surface area is 143 Å². The van der Waals surface area contributed by atoms with Crippen molar-refractivity contribution in [2.75, 3.05) is 18.5 Å². The van der Waals surface area contributed by atoms with E-state index in [9.17, 15) is 0 Å². The highest BCUT2D eigenvalue weighted by Gasteiger charge is 2.05. The first-order chi connectivity index (χ1) is 11.0. The number of hydrogen-bond donors (Lipinski definition) is 1. The van der Waals surface area contributed by atoms with Crippen LogP contribution in [0.25, 0.3) is 0 Å². The Kier molecular flexibility index (Phi) is 6.60. The highest BCUT2D eigenvalue weighted by molar-refractivity contribution is 6.30. The summed E-state index contributed by atoms with van der Waals surface area (Å²) < 4.78 is 11.6. The number of hydrogen-bond acceptors (Lipinski definition) is 3. The van der Waals surface area contributed by atoms with Gasteiger partial charge in [0.2, 0.25) is 0 Å². The largest absolute Gasteiger partial charge is 0.493 e. The lowest BCUT2D eigenvalue weighted by molar-refractivity contribution is 0.234. The fourth-order valence-corrected chi connectivity index (χ4v) is 2.13. The lowest BCUT2D eigenvalue weighted by Crippen LogP contribution is -2.22. The molecule has 4 heteroatoms. The van der Waals surface area contributed by atoms with E-state index in [2.05, 4.69) is 19.2 Å². The first-order valence-electron chi connectivity index (χ1n) is 7.92. The van der Waals surface area contributed by atoms with Crippen molar-refractivity contribution in [2.24, 2.45) is 5.92 Å². The van der Waals surface area contributed by atoms with Crippen molar-refractivity contribution >= 4 is 17.3 Å². The Morgan fingerprint density at radius 3 is 2.43 bits per heavy atom. The summed E-state index contributed by atoms with van der Waals surface area (Å²) in [7, 11) is 0. The Morgan fingerprint density at radius 2 is 1.74 bits per heavy atom. The van der Waals surface area contributed by atoms with E-state index < -0.39 is 0 Å². The standard InChI is InChI=1S/C19H24ClNO2/c1-14(2)13-22-19-6-4-5-17(11-19)21-12-15(3)23-18-9-7-16(20)8-10-18/h4-11,14-15,21H,12-13H2,1-3H3. The zero-order valence-electron chi connectivity index (χ0n) is 13.9. The number of ether oxygens (including phenoxy) is 2. The van der Waals surface area contributed by atoms with Gasteiger partial charge in [0, 0.05) is 16.8 Å². The van der Waals surface area contributed by atoms with Crippen LogP contribution in [0.5, 0.6) is 11.5 Å². The fraction of sp³-hybridized carbons (Fsp3) is 0.368. The lowest BCUT2D eigenvalue weighted by Gasteiger charge is -2.17. The Morgan fingerprint density at radius 1 is 1.00 bits per heavy atom. The van der Waals surface area contributed by atoms with Gasteiger partial charge in [0.25, 0.3) is 0 Å². The predicted octanol–water partition coefficient (Wildman–Crippen LogP) is 5.25. The molecule has 0 aromatic heterocycles. The molecule has 0 bridgehead atoms. The normalized spacial score (nSPS) is 12.0. The van der Waals surface area contributed by atoms with Gasteiger partial charge in [0.1, 0.15) is 17.6 Å². The summed E-state index contributed by atoms with van der Waals surface area (Å²) in [5.74, 6) is 2.21. The van der Waals surface area contributed by atoms with Gasteiger partial charge in [0.05, 0.1) is 13.2 Å². The number of benzene rings is 2. The molecule has 3 nitrogen and oxygen atoms in total. The van der Waals surface area contributed by atoms with Gasteiger partial charge in [-0.2, -0.15) is 0 Å². The Bertz CT molecular complexity index is 599. The van der Waals surface area contributed by atoms with Gasteiger partial charge in [-0.1, -0.05) is 31.5 Å². The monoisotopic (exact) mass is 333 g/mol. The van der Waals surface area contributed by atoms with Crippen molar-refractivity contribution in [2.45, 2.75) is 26.9 Å². The number of nitrogens with one attached hydrogen (secondary N) is 1. The first kappa shape index (κ1) is 17.5.